The van der Waals surface area contributed by atoms with Gasteiger partial charge in [0.2, 0.25) is 0 Å². The van der Waals surface area contributed by atoms with Gasteiger partial charge >= 0.3 is 0 Å². The highest BCUT2D eigenvalue weighted by molar-refractivity contribution is 5.62. The Morgan fingerprint density at radius 1 is 1.21 bits per heavy atom. The lowest BCUT2D eigenvalue weighted by molar-refractivity contribution is -0.134. The second-order valence-electron chi connectivity index (χ2n) is 5.58. The molecule has 0 spiro atoms. The fraction of sp³-hybridized carbons (Fsp3) is 0.917. The van der Waals surface area contributed by atoms with Crippen LogP contribution in [0.25, 0.3) is 0 Å². The minimum Gasteiger partial charge on any atom is -0.481 e. The fourth-order valence-electron chi connectivity index (χ4n) is 3.11. The predicted molar refractivity (Wildman–Crippen MR) is 57.2 cm³/mol. The first-order valence-corrected chi connectivity index (χ1v) is 5.49. The zero-order valence-electron chi connectivity index (χ0n) is 9.76. The largest absolute Gasteiger partial charge is 0.481 e. The van der Waals surface area contributed by atoms with Crippen LogP contribution in [0.1, 0.15) is 53.4 Å². The van der Waals surface area contributed by atoms with Crippen molar-refractivity contribution in [3.8, 4) is 0 Å². The van der Waals surface area contributed by atoms with Crippen molar-refractivity contribution in [1.29, 1.82) is 0 Å². The molecule has 0 aromatic carbocycles. The third kappa shape index (κ3) is 1.79. The van der Waals surface area contributed by atoms with Crippen LogP contribution in [-0.2, 0) is 4.79 Å². The second kappa shape index (κ2) is 3.56. The lowest BCUT2D eigenvalue weighted by Crippen LogP contribution is -2.26. The summed E-state index contributed by atoms with van der Waals surface area (Å²) in [5, 5.41) is 7.42. The molecular formula is C12H22O2. The lowest BCUT2D eigenvalue weighted by atomic mass is 9.71. The van der Waals surface area contributed by atoms with Gasteiger partial charge in [0.25, 0.3) is 5.97 Å². The minimum atomic E-state index is -0.833. The van der Waals surface area contributed by atoms with Gasteiger partial charge in [-0.3, -0.25) is 4.79 Å². The Morgan fingerprint density at radius 3 is 1.64 bits per heavy atom. The van der Waals surface area contributed by atoms with E-state index in [2.05, 4.69) is 20.8 Å². The van der Waals surface area contributed by atoms with E-state index in [1.807, 2.05) is 0 Å². The Kier molecular flexibility index (Phi) is 2.93. The van der Waals surface area contributed by atoms with Gasteiger partial charge < -0.3 is 5.11 Å². The van der Waals surface area contributed by atoms with E-state index in [1.165, 1.54) is 25.7 Å². The Hall–Kier alpha value is -0.530. The molecule has 0 radical (unpaired) electrons. The molecule has 2 heteroatoms. The van der Waals surface area contributed by atoms with Crippen LogP contribution in [0.2, 0.25) is 0 Å². The van der Waals surface area contributed by atoms with E-state index in [-0.39, 0.29) is 0 Å². The first-order chi connectivity index (χ1) is 6.29. The van der Waals surface area contributed by atoms with E-state index in [9.17, 15) is 0 Å². The van der Waals surface area contributed by atoms with Crippen LogP contribution in [0, 0.1) is 16.7 Å². The number of carbonyl (C=O) groups is 1. The zero-order valence-corrected chi connectivity index (χ0v) is 9.76. The van der Waals surface area contributed by atoms with Crippen molar-refractivity contribution < 1.29 is 9.90 Å². The fourth-order valence-corrected chi connectivity index (χ4v) is 3.11. The quantitative estimate of drug-likeness (QED) is 0.648. The summed E-state index contributed by atoms with van der Waals surface area (Å²) in [6.45, 7) is 8.51. The highest BCUT2D eigenvalue weighted by atomic mass is 16.4. The number of fused-ring (bicyclic) bond motifs is 2. The van der Waals surface area contributed by atoms with Crippen LogP contribution in [0.3, 0.4) is 0 Å². The van der Waals surface area contributed by atoms with E-state index in [0.717, 1.165) is 12.8 Å². The van der Waals surface area contributed by atoms with Gasteiger partial charge in [-0.15, -0.1) is 0 Å². The van der Waals surface area contributed by atoms with Gasteiger partial charge in [-0.1, -0.05) is 20.8 Å². The highest BCUT2D eigenvalue weighted by Crippen LogP contribution is 2.65. The molecule has 2 aliphatic rings. The van der Waals surface area contributed by atoms with Crippen molar-refractivity contribution in [2.24, 2.45) is 16.7 Å². The van der Waals surface area contributed by atoms with Crippen LogP contribution < -0.4 is 0 Å². The molecule has 2 saturated carbocycles. The van der Waals surface area contributed by atoms with Gasteiger partial charge in [0.15, 0.2) is 0 Å². The van der Waals surface area contributed by atoms with Gasteiger partial charge in [0.1, 0.15) is 0 Å². The molecule has 1 N–H and O–H groups in total. The molecule has 0 unspecified atom stereocenters. The minimum absolute atomic E-state index is 0.660. The average molecular weight is 198 g/mol. The Labute approximate surface area is 86.7 Å². The molecule has 2 aliphatic carbocycles. The van der Waals surface area contributed by atoms with Gasteiger partial charge in [-0.05, 0) is 42.4 Å². The molecule has 0 amide bonds. The Morgan fingerprint density at radius 2 is 1.57 bits per heavy atom. The van der Waals surface area contributed by atoms with Crippen molar-refractivity contribution in [2.45, 2.75) is 53.4 Å². The van der Waals surface area contributed by atoms with Crippen molar-refractivity contribution >= 4 is 5.97 Å². The average Bonchev–Trinajstić information content (AvgIpc) is 2.35. The maximum Gasteiger partial charge on any atom is 0.300 e. The molecule has 14 heavy (non-hydrogen) atoms. The molecule has 0 atom stereocenters. The van der Waals surface area contributed by atoms with Crippen molar-refractivity contribution in [1.82, 2.24) is 0 Å². The van der Waals surface area contributed by atoms with Crippen molar-refractivity contribution in [2.75, 3.05) is 0 Å². The monoisotopic (exact) mass is 198 g/mol. The molecule has 2 bridgehead atoms. The van der Waals surface area contributed by atoms with Crippen molar-refractivity contribution in [3.63, 3.8) is 0 Å². The Bertz CT molecular complexity index is 216. The van der Waals surface area contributed by atoms with Crippen LogP contribution in [0.15, 0.2) is 0 Å². The summed E-state index contributed by atoms with van der Waals surface area (Å²) < 4.78 is 0. The highest BCUT2D eigenvalue weighted by Gasteiger charge is 2.55. The molecule has 0 saturated heterocycles. The maximum atomic E-state index is 9.00. The number of aliphatic carboxylic acids is 1. The molecule has 0 aliphatic heterocycles. The van der Waals surface area contributed by atoms with E-state index in [0.29, 0.717) is 10.8 Å². The lowest BCUT2D eigenvalue weighted by Gasteiger charge is -2.34. The molecular weight excluding hydrogens is 176 g/mol. The first kappa shape index (κ1) is 11.5. The summed E-state index contributed by atoms with van der Waals surface area (Å²) in [6.07, 6.45) is 5.99. The van der Waals surface area contributed by atoms with Gasteiger partial charge in [-0.25, -0.2) is 0 Å². The molecule has 0 heterocycles. The van der Waals surface area contributed by atoms with Crippen LogP contribution in [0.5, 0.6) is 0 Å². The van der Waals surface area contributed by atoms with E-state index in [1.54, 1.807) is 0 Å². The first-order valence-electron chi connectivity index (χ1n) is 5.49. The molecule has 2 fully saturated rings. The zero-order chi connectivity index (χ0) is 11.0. The number of hydrogen-bond donors (Lipinski definition) is 1. The van der Waals surface area contributed by atoms with E-state index < -0.39 is 5.97 Å². The van der Waals surface area contributed by atoms with Gasteiger partial charge in [0.05, 0.1) is 0 Å². The third-order valence-electron chi connectivity index (χ3n) is 4.67. The maximum absolute atomic E-state index is 9.00. The summed E-state index contributed by atoms with van der Waals surface area (Å²) in [6, 6.07) is 0. The summed E-state index contributed by atoms with van der Waals surface area (Å²) in [5.74, 6) is 0.220. The molecule has 0 aromatic rings. The summed E-state index contributed by atoms with van der Waals surface area (Å²) in [4.78, 5) is 9.00. The molecule has 82 valence electrons. The van der Waals surface area contributed by atoms with Crippen LogP contribution >= 0.6 is 0 Å². The number of carboxylic acids is 1. The number of carboxylic acid groups (broad SMARTS) is 1. The third-order valence-corrected chi connectivity index (χ3v) is 4.67. The van der Waals surface area contributed by atoms with Crippen LogP contribution in [0.4, 0.5) is 0 Å². The topological polar surface area (TPSA) is 37.3 Å². The van der Waals surface area contributed by atoms with E-state index in [4.69, 9.17) is 9.90 Å². The number of hydrogen-bond acceptors (Lipinski definition) is 1. The second-order valence-corrected chi connectivity index (χ2v) is 5.58. The predicted octanol–water partition coefficient (Wildman–Crippen LogP) is 3.31. The summed E-state index contributed by atoms with van der Waals surface area (Å²) >= 11 is 0. The molecule has 0 aromatic heterocycles. The summed E-state index contributed by atoms with van der Waals surface area (Å²) in [5.41, 5.74) is 1.37. The smallest absolute Gasteiger partial charge is 0.300 e. The SMILES string of the molecule is CC(=O)O.CC12CCC(CC1)C2(C)C. The molecule has 2 rings (SSSR count). The van der Waals surface area contributed by atoms with Crippen LogP contribution in [-0.4, -0.2) is 11.1 Å². The van der Waals surface area contributed by atoms with Gasteiger partial charge in [0, 0.05) is 6.92 Å². The summed E-state index contributed by atoms with van der Waals surface area (Å²) in [7, 11) is 0. The standard InChI is InChI=1S/C10H18.C2H4O2/c1-9(2)8-4-6-10(9,3)7-5-8;1-2(3)4/h8H,4-7H2,1-3H3;1H3,(H,3,4). The normalized spacial score (nSPS) is 37.6. The van der Waals surface area contributed by atoms with E-state index >= 15 is 0 Å². The number of rotatable bonds is 0. The Balaban J connectivity index is 0.000000213. The van der Waals surface area contributed by atoms with Gasteiger partial charge in [-0.2, -0.15) is 0 Å². The molecule has 2 nitrogen and oxygen atoms in total. The van der Waals surface area contributed by atoms with Crippen molar-refractivity contribution in [3.05, 3.63) is 0 Å².